The molecular formula is C16H23Cl. The van der Waals surface area contributed by atoms with E-state index in [0.717, 1.165) is 0 Å². The lowest BCUT2D eigenvalue weighted by Gasteiger charge is -2.12. The highest BCUT2D eigenvalue weighted by molar-refractivity contribution is 6.21. The normalized spacial score (nSPS) is 23.4. The Morgan fingerprint density at radius 3 is 2.35 bits per heavy atom. The van der Waals surface area contributed by atoms with Crippen LogP contribution >= 0.6 is 11.6 Å². The van der Waals surface area contributed by atoms with Crippen LogP contribution in [0.25, 0.3) is 0 Å². The van der Waals surface area contributed by atoms with Gasteiger partial charge in [0.05, 0.1) is 5.38 Å². The van der Waals surface area contributed by atoms with Gasteiger partial charge in [-0.25, -0.2) is 0 Å². The van der Waals surface area contributed by atoms with Crippen molar-refractivity contribution in [3.8, 4) is 0 Å². The average molecular weight is 251 g/mol. The maximum atomic E-state index is 6.54. The fourth-order valence-corrected chi connectivity index (χ4v) is 3.06. The van der Waals surface area contributed by atoms with Gasteiger partial charge in [0.2, 0.25) is 0 Å². The molecule has 2 atom stereocenters. The van der Waals surface area contributed by atoms with E-state index in [-0.39, 0.29) is 5.38 Å². The Kier molecular flexibility index (Phi) is 3.82. The van der Waals surface area contributed by atoms with E-state index in [2.05, 4.69) is 45.0 Å². The number of alkyl halides is 1. The molecule has 94 valence electrons. The number of aryl methyl sites for hydroxylation is 1. The van der Waals surface area contributed by atoms with Crippen LogP contribution in [0.3, 0.4) is 0 Å². The van der Waals surface area contributed by atoms with E-state index >= 15 is 0 Å². The van der Waals surface area contributed by atoms with Gasteiger partial charge in [0.15, 0.2) is 0 Å². The second-order valence-corrected chi connectivity index (χ2v) is 6.52. The van der Waals surface area contributed by atoms with Gasteiger partial charge in [-0.1, -0.05) is 51.5 Å². The van der Waals surface area contributed by atoms with Crippen LogP contribution < -0.4 is 0 Å². The smallest absolute Gasteiger partial charge is 0.0618 e. The van der Waals surface area contributed by atoms with Crippen molar-refractivity contribution in [3.05, 3.63) is 35.4 Å². The third kappa shape index (κ3) is 3.04. The van der Waals surface area contributed by atoms with Gasteiger partial charge in [0, 0.05) is 0 Å². The molecule has 2 rings (SSSR count). The Labute approximate surface area is 110 Å². The van der Waals surface area contributed by atoms with Crippen LogP contribution in [0, 0.1) is 11.3 Å². The predicted molar refractivity (Wildman–Crippen MR) is 75.5 cm³/mol. The first-order valence-corrected chi connectivity index (χ1v) is 7.21. The Morgan fingerprint density at radius 1 is 1.29 bits per heavy atom. The van der Waals surface area contributed by atoms with Crippen molar-refractivity contribution in [2.45, 2.75) is 51.8 Å². The van der Waals surface area contributed by atoms with Crippen LogP contribution in [0.4, 0.5) is 0 Å². The lowest BCUT2D eigenvalue weighted by Crippen LogP contribution is -1.99. The summed E-state index contributed by atoms with van der Waals surface area (Å²) in [6.07, 6.45) is 4.99. The van der Waals surface area contributed by atoms with Crippen molar-refractivity contribution < 1.29 is 0 Å². The number of hydrogen-bond donors (Lipinski definition) is 0. The number of rotatable bonds is 5. The zero-order valence-electron chi connectivity index (χ0n) is 11.2. The minimum atomic E-state index is 0.199. The maximum absolute atomic E-state index is 6.54. The highest BCUT2D eigenvalue weighted by atomic mass is 35.5. The third-order valence-electron chi connectivity index (χ3n) is 4.06. The zero-order valence-corrected chi connectivity index (χ0v) is 11.9. The SMILES string of the molecule is CCCCc1ccc(C(Cl)C2CC2(C)C)cc1. The molecule has 0 saturated heterocycles. The number of unbranched alkanes of at least 4 members (excludes halogenated alkanes) is 1. The highest BCUT2D eigenvalue weighted by Crippen LogP contribution is 2.59. The molecule has 0 N–H and O–H groups in total. The van der Waals surface area contributed by atoms with Crippen LogP contribution in [0.5, 0.6) is 0 Å². The summed E-state index contributed by atoms with van der Waals surface area (Å²) in [5.41, 5.74) is 3.19. The van der Waals surface area contributed by atoms with Gasteiger partial charge < -0.3 is 0 Å². The minimum absolute atomic E-state index is 0.199. The molecule has 0 bridgehead atoms. The molecule has 0 amide bonds. The van der Waals surface area contributed by atoms with Crippen LogP contribution in [0.1, 0.15) is 56.5 Å². The predicted octanol–water partition coefficient (Wildman–Crippen LogP) is 5.36. The first kappa shape index (κ1) is 13.0. The van der Waals surface area contributed by atoms with Crippen molar-refractivity contribution in [1.29, 1.82) is 0 Å². The van der Waals surface area contributed by atoms with Gasteiger partial charge in [-0.3, -0.25) is 0 Å². The summed E-state index contributed by atoms with van der Waals surface area (Å²) in [4.78, 5) is 0. The molecule has 0 nitrogen and oxygen atoms in total. The minimum Gasteiger partial charge on any atom is -0.117 e. The zero-order chi connectivity index (χ0) is 12.5. The molecule has 0 heterocycles. The van der Waals surface area contributed by atoms with E-state index in [1.807, 2.05) is 0 Å². The molecule has 17 heavy (non-hydrogen) atoms. The number of halogens is 1. The van der Waals surface area contributed by atoms with Crippen molar-refractivity contribution in [2.75, 3.05) is 0 Å². The average Bonchev–Trinajstić information content (AvgIpc) is 2.95. The maximum Gasteiger partial charge on any atom is 0.0618 e. The van der Waals surface area contributed by atoms with E-state index in [4.69, 9.17) is 11.6 Å². The second-order valence-electron chi connectivity index (χ2n) is 6.05. The molecule has 1 saturated carbocycles. The summed E-state index contributed by atoms with van der Waals surface area (Å²) in [5.74, 6) is 0.658. The van der Waals surface area contributed by atoms with Crippen molar-refractivity contribution in [2.24, 2.45) is 11.3 Å². The molecule has 0 aromatic heterocycles. The van der Waals surface area contributed by atoms with Crippen LogP contribution in [-0.4, -0.2) is 0 Å². The monoisotopic (exact) mass is 250 g/mol. The Balaban J connectivity index is 1.98. The number of hydrogen-bond acceptors (Lipinski definition) is 0. The largest absolute Gasteiger partial charge is 0.117 e. The topological polar surface area (TPSA) is 0 Å². The second kappa shape index (κ2) is 5.02. The van der Waals surface area contributed by atoms with Crippen molar-refractivity contribution >= 4 is 11.6 Å². The lowest BCUT2D eigenvalue weighted by molar-refractivity contribution is 0.548. The van der Waals surface area contributed by atoms with Gasteiger partial charge in [-0.05, 0) is 41.7 Å². The fourth-order valence-electron chi connectivity index (χ4n) is 2.49. The van der Waals surface area contributed by atoms with Gasteiger partial charge in [0.1, 0.15) is 0 Å². The molecule has 2 unspecified atom stereocenters. The molecule has 0 aliphatic heterocycles. The Morgan fingerprint density at radius 2 is 1.88 bits per heavy atom. The van der Waals surface area contributed by atoms with Gasteiger partial charge in [-0.15, -0.1) is 11.6 Å². The van der Waals surface area contributed by atoms with Crippen molar-refractivity contribution in [1.82, 2.24) is 0 Å². The first-order valence-electron chi connectivity index (χ1n) is 6.77. The van der Waals surface area contributed by atoms with E-state index in [9.17, 15) is 0 Å². The van der Waals surface area contributed by atoms with E-state index in [1.165, 1.54) is 36.8 Å². The molecule has 1 aliphatic rings. The summed E-state index contributed by atoms with van der Waals surface area (Å²) in [7, 11) is 0. The first-order chi connectivity index (χ1) is 8.04. The summed E-state index contributed by atoms with van der Waals surface area (Å²) in [5, 5.41) is 0.199. The van der Waals surface area contributed by atoms with Gasteiger partial charge in [-0.2, -0.15) is 0 Å². The van der Waals surface area contributed by atoms with E-state index in [1.54, 1.807) is 0 Å². The third-order valence-corrected chi connectivity index (χ3v) is 4.62. The summed E-state index contributed by atoms with van der Waals surface area (Å²) < 4.78 is 0. The van der Waals surface area contributed by atoms with Crippen LogP contribution in [-0.2, 0) is 6.42 Å². The summed E-state index contributed by atoms with van der Waals surface area (Å²) >= 11 is 6.54. The van der Waals surface area contributed by atoms with E-state index in [0.29, 0.717) is 11.3 Å². The number of benzene rings is 1. The molecule has 1 aromatic rings. The summed E-state index contributed by atoms with van der Waals surface area (Å²) in [6, 6.07) is 8.93. The molecule has 1 heteroatoms. The molecule has 0 radical (unpaired) electrons. The fraction of sp³-hybridized carbons (Fsp3) is 0.625. The van der Waals surface area contributed by atoms with E-state index < -0.39 is 0 Å². The quantitative estimate of drug-likeness (QED) is 0.618. The molecule has 1 aromatic carbocycles. The molecule has 1 aliphatic carbocycles. The van der Waals surface area contributed by atoms with Crippen LogP contribution in [0.15, 0.2) is 24.3 Å². The molecular weight excluding hydrogens is 228 g/mol. The molecule has 1 fully saturated rings. The Hall–Kier alpha value is -0.490. The summed E-state index contributed by atoms with van der Waals surface area (Å²) in [6.45, 7) is 6.85. The molecule has 0 spiro atoms. The van der Waals surface area contributed by atoms with Crippen molar-refractivity contribution in [3.63, 3.8) is 0 Å². The van der Waals surface area contributed by atoms with Gasteiger partial charge >= 0.3 is 0 Å². The Bertz CT molecular complexity index is 364. The van der Waals surface area contributed by atoms with Crippen LogP contribution in [0.2, 0.25) is 0 Å². The van der Waals surface area contributed by atoms with Gasteiger partial charge in [0.25, 0.3) is 0 Å². The lowest BCUT2D eigenvalue weighted by atomic mass is 10.00. The highest BCUT2D eigenvalue weighted by Gasteiger charge is 2.49. The standard InChI is InChI=1S/C16H23Cl/c1-4-5-6-12-7-9-13(10-8-12)15(17)14-11-16(14,2)3/h7-10,14-15H,4-6,11H2,1-3H3.